The van der Waals surface area contributed by atoms with E-state index in [2.05, 4.69) is 21.2 Å². The number of carbonyl (C=O) groups is 2. The number of amides is 2. The number of sulfonamides is 1. The van der Waals surface area contributed by atoms with E-state index in [1.165, 1.54) is 54.5 Å². The first-order valence-corrected chi connectivity index (χ1v) is 16.5. The molecule has 4 rings (SSSR count). The first kappa shape index (κ1) is 33.7. The van der Waals surface area contributed by atoms with Crippen LogP contribution in [0.5, 0.6) is 5.75 Å². The smallest absolute Gasteiger partial charge is 0.264 e. The minimum Gasteiger partial charge on any atom is -0.496 e. The average Bonchev–Trinajstić information content (AvgIpc) is 3.03. The van der Waals surface area contributed by atoms with Crippen molar-refractivity contribution in [1.29, 1.82) is 0 Å². The Morgan fingerprint density at radius 2 is 1.60 bits per heavy atom. The van der Waals surface area contributed by atoms with Gasteiger partial charge in [-0.3, -0.25) is 13.9 Å². The fourth-order valence-electron chi connectivity index (χ4n) is 4.81. The van der Waals surface area contributed by atoms with Gasteiger partial charge in [0.15, 0.2) is 0 Å². The minimum atomic E-state index is -4.29. The Morgan fingerprint density at radius 1 is 0.933 bits per heavy atom. The second-order valence-electron chi connectivity index (χ2n) is 10.4. The molecule has 0 radical (unpaired) electrons. The van der Waals surface area contributed by atoms with Gasteiger partial charge in [0, 0.05) is 19.5 Å². The zero-order valence-corrected chi connectivity index (χ0v) is 27.6. The third-order valence-electron chi connectivity index (χ3n) is 7.20. The summed E-state index contributed by atoms with van der Waals surface area (Å²) in [7, 11) is -2.81. The maximum Gasteiger partial charge on any atom is 0.264 e. The summed E-state index contributed by atoms with van der Waals surface area (Å²) in [6.07, 6.45) is 0.183. The molecule has 1 atom stereocenters. The standard InChI is InChI=1S/C34H35BrFN3O5S/c1-4-37-34(41)31(20-25-8-6-5-7-9-25)38(22-26-12-14-27(36)15-13-26)33(40)23-39(28-16-10-24(2)11-17-28)45(42,43)29-18-19-32(44-3)30(35)21-29/h5-19,21,31H,4,20,22-23H2,1-3H3,(H,37,41)/t31-/m1/s1. The van der Waals surface area contributed by atoms with Crippen LogP contribution >= 0.6 is 15.9 Å². The number of rotatable bonds is 13. The number of likely N-dealkylation sites (N-methyl/N-ethyl adjacent to an activating group) is 1. The number of aryl methyl sites for hydroxylation is 1. The molecule has 1 N–H and O–H groups in total. The summed E-state index contributed by atoms with van der Waals surface area (Å²) in [5.74, 6) is -0.990. The average molecular weight is 697 g/mol. The summed E-state index contributed by atoms with van der Waals surface area (Å²) in [4.78, 5) is 29.2. The number of benzene rings is 4. The molecule has 11 heteroatoms. The van der Waals surface area contributed by atoms with Gasteiger partial charge in [0.25, 0.3) is 10.0 Å². The molecule has 0 bridgehead atoms. The van der Waals surface area contributed by atoms with Gasteiger partial charge >= 0.3 is 0 Å². The molecule has 45 heavy (non-hydrogen) atoms. The molecule has 0 fully saturated rings. The van der Waals surface area contributed by atoms with Crippen molar-refractivity contribution in [1.82, 2.24) is 10.2 Å². The van der Waals surface area contributed by atoms with Crippen molar-refractivity contribution in [3.8, 4) is 5.75 Å². The van der Waals surface area contributed by atoms with Crippen molar-refractivity contribution < 1.29 is 27.1 Å². The van der Waals surface area contributed by atoms with Gasteiger partial charge in [-0.2, -0.15) is 0 Å². The van der Waals surface area contributed by atoms with Crippen LogP contribution in [-0.2, 0) is 32.6 Å². The van der Waals surface area contributed by atoms with Crippen LogP contribution in [0.25, 0.3) is 0 Å². The molecule has 0 aliphatic heterocycles. The Hall–Kier alpha value is -4.22. The topological polar surface area (TPSA) is 96.0 Å². The molecule has 0 unspecified atom stereocenters. The zero-order valence-electron chi connectivity index (χ0n) is 25.2. The fraction of sp³-hybridized carbons (Fsp3) is 0.235. The summed E-state index contributed by atoms with van der Waals surface area (Å²) in [5.41, 5.74) is 2.58. The number of hydrogen-bond donors (Lipinski definition) is 1. The summed E-state index contributed by atoms with van der Waals surface area (Å²) < 4.78 is 48.9. The number of nitrogens with one attached hydrogen (secondary N) is 1. The molecule has 2 amide bonds. The monoisotopic (exact) mass is 695 g/mol. The first-order chi connectivity index (χ1) is 21.5. The van der Waals surface area contributed by atoms with Crippen molar-refractivity contribution >= 4 is 43.5 Å². The molecule has 0 saturated heterocycles. The van der Waals surface area contributed by atoms with Crippen LogP contribution in [0.15, 0.2) is 106 Å². The maximum atomic E-state index is 14.4. The third kappa shape index (κ3) is 8.49. The Morgan fingerprint density at radius 3 is 2.20 bits per heavy atom. The number of nitrogens with zero attached hydrogens (tertiary/aromatic N) is 2. The van der Waals surface area contributed by atoms with Crippen molar-refractivity contribution in [2.45, 2.75) is 37.8 Å². The highest BCUT2D eigenvalue weighted by molar-refractivity contribution is 9.10. The van der Waals surface area contributed by atoms with Crippen molar-refractivity contribution in [2.75, 3.05) is 24.5 Å². The second-order valence-corrected chi connectivity index (χ2v) is 13.1. The van der Waals surface area contributed by atoms with Gasteiger partial charge in [0.05, 0.1) is 22.2 Å². The molecule has 4 aromatic carbocycles. The number of methoxy groups -OCH3 is 1. The highest BCUT2D eigenvalue weighted by Gasteiger charge is 2.34. The van der Waals surface area contributed by atoms with E-state index in [4.69, 9.17) is 4.74 Å². The first-order valence-electron chi connectivity index (χ1n) is 14.3. The van der Waals surface area contributed by atoms with Crippen LogP contribution in [-0.4, -0.2) is 51.4 Å². The molecule has 0 aliphatic carbocycles. The predicted octanol–water partition coefficient (Wildman–Crippen LogP) is 5.88. The normalized spacial score (nSPS) is 11.8. The molecule has 236 valence electrons. The van der Waals surface area contributed by atoms with Gasteiger partial charge in [0.2, 0.25) is 11.8 Å². The van der Waals surface area contributed by atoms with Gasteiger partial charge in [-0.1, -0.05) is 60.2 Å². The van der Waals surface area contributed by atoms with Gasteiger partial charge in [-0.25, -0.2) is 12.8 Å². The lowest BCUT2D eigenvalue weighted by Gasteiger charge is -2.34. The Labute approximate surface area is 272 Å². The van der Waals surface area contributed by atoms with Crippen molar-refractivity contribution in [3.63, 3.8) is 0 Å². The SMILES string of the molecule is CCNC(=O)[C@@H](Cc1ccccc1)N(Cc1ccc(F)cc1)C(=O)CN(c1ccc(C)cc1)S(=O)(=O)c1ccc(OC)c(Br)c1. The van der Waals surface area contributed by atoms with E-state index < -0.39 is 34.3 Å². The molecule has 0 spiro atoms. The van der Waals surface area contributed by atoms with E-state index in [0.717, 1.165) is 15.4 Å². The molecular weight excluding hydrogens is 661 g/mol. The fourth-order valence-corrected chi connectivity index (χ4v) is 6.94. The summed E-state index contributed by atoms with van der Waals surface area (Å²) in [6, 6.07) is 25.0. The van der Waals surface area contributed by atoms with Gasteiger partial charge in [-0.15, -0.1) is 0 Å². The van der Waals surface area contributed by atoms with Crippen LogP contribution in [0.4, 0.5) is 10.1 Å². The zero-order chi connectivity index (χ0) is 32.6. The van der Waals surface area contributed by atoms with E-state index in [-0.39, 0.29) is 29.5 Å². The Balaban J connectivity index is 1.80. The summed E-state index contributed by atoms with van der Waals surface area (Å²) >= 11 is 3.36. The molecular formula is C34H35BrFN3O5S. The Bertz CT molecular complexity index is 1720. The third-order valence-corrected chi connectivity index (χ3v) is 9.59. The van der Waals surface area contributed by atoms with E-state index in [1.807, 2.05) is 37.3 Å². The van der Waals surface area contributed by atoms with E-state index in [1.54, 1.807) is 31.2 Å². The lowest BCUT2D eigenvalue weighted by molar-refractivity contribution is -0.140. The largest absolute Gasteiger partial charge is 0.496 e. The van der Waals surface area contributed by atoms with Gasteiger partial charge < -0.3 is 15.0 Å². The summed E-state index contributed by atoms with van der Waals surface area (Å²) in [6.45, 7) is 3.34. The quantitative estimate of drug-likeness (QED) is 0.189. The predicted molar refractivity (Wildman–Crippen MR) is 176 cm³/mol. The number of carbonyl (C=O) groups excluding carboxylic acids is 2. The highest BCUT2D eigenvalue weighted by Crippen LogP contribution is 2.31. The number of anilines is 1. The van der Waals surface area contributed by atoms with Crippen LogP contribution in [0.1, 0.15) is 23.6 Å². The van der Waals surface area contributed by atoms with E-state index in [0.29, 0.717) is 22.3 Å². The van der Waals surface area contributed by atoms with Crippen LogP contribution < -0.4 is 14.4 Å². The number of ether oxygens (including phenoxy) is 1. The number of hydrogen-bond acceptors (Lipinski definition) is 5. The second kappa shape index (κ2) is 15.2. The van der Waals surface area contributed by atoms with Crippen LogP contribution in [0.3, 0.4) is 0 Å². The lowest BCUT2D eigenvalue weighted by Crippen LogP contribution is -2.53. The van der Waals surface area contributed by atoms with Gasteiger partial charge in [0.1, 0.15) is 24.2 Å². The van der Waals surface area contributed by atoms with Crippen molar-refractivity contribution in [3.05, 3.63) is 124 Å². The molecule has 4 aromatic rings. The molecule has 8 nitrogen and oxygen atoms in total. The summed E-state index contributed by atoms with van der Waals surface area (Å²) in [5, 5.41) is 2.82. The number of halogens is 2. The molecule has 0 aromatic heterocycles. The molecule has 0 saturated carbocycles. The van der Waals surface area contributed by atoms with Crippen molar-refractivity contribution in [2.24, 2.45) is 0 Å². The van der Waals surface area contributed by atoms with Crippen LogP contribution in [0.2, 0.25) is 0 Å². The highest BCUT2D eigenvalue weighted by atomic mass is 79.9. The molecule has 0 aliphatic rings. The Kier molecular flexibility index (Phi) is 11.4. The molecule has 0 heterocycles. The minimum absolute atomic E-state index is 0.0520. The van der Waals surface area contributed by atoms with Gasteiger partial charge in [-0.05, 0) is 83.4 Å². The van der Waals surface area contributed by atoms with E-state index >= 15 is 0 Å². The lowest BCUT2D eigenvalue weighted by atomic mass is 10.0. The van der Waals surface area contributed by atoms with E-state index in [9.17, 15) is 22.4 Å². The maximum absolute atomic E-state index is 14.4. The van der Waals surface area contributed by atoms with Crippen LogP contribution in [0, 0.1) is 12.7 Å².